The van der Waals surface area contributed by atoms with Crippen LogP contribution in [0.3, 0.4) is 0 Å². The number of nitrogens with zero attached hydrogens (tertiary/aromatic N) is 2. The number of anilines is 1. The first-order valence-corrected chi connectivity index (χ1v) is 12.1. The Morgan fingerprint density at radius 1 is 0.966 bits per heavy atom. The predicted octanol–water partition coefficient (Wildman–Crippen LogP) is 1.58. The first-order valence-electron chi connectivity index (χ1n) is 8.77. The topological polar surface area (TPSA) is 104 Å². The molecule has 0 fully saturated rings. The SMILES string of the molecule is CC(NC(=O)CN(c1ccc(S(=O)(=O)N(C)C)cc1)S(C)(=O)=O)c1ccccc1. The third-order valence-electron chi connectivity index (χ3n) is 4.27. The van der Waals surface area contributed by atoms with Crippen LogP contribution in [0.4, 0.5) is 5.69 Å². The molecule has 1 amide bonds. The Labute approximate surface area is 172 Å². The lowest BCUT2D eigenvalue weighted by Gasteiger charge is -2.23. The zero-order valence-electron chi connectivity index (χ0n) is 16.7. The average Bonchev–Trinajstić information content (AvgIpc) is 2.66. The molecule has 1 atom stereocenters. The van der Waals surface area contributed by atoms with Crippen LogP contribution in [0.2, 0.25) is 0 Å². The maximum Gasteiger partial charge on any atom is 0.242 e. The highest BCUT2D eigenvalue weighted by Crippen LogP contribution is 2.22. The number of benzene rings is 2. The molecule has 29 heavy (non-hydrogen) atoms. The summed E-state index contributed by atoms with van der Waals surface area (Å²) in [4.78, 5) is 12.5. The number of carbonyl (C=O) groups excluding carboxylic acids is 1. The fraction of sp³-hybridized carbons (Fsp3) is 0.316. The van der Waals surface area contributed by atoms with Crippen molar-refractivity contribution in [1.82, 2.24) is 9.62 Å². The van der Waals surface area contributed by atoms with Gasteiger partial charge in [0.05, 0.1) is 22.9 Å². The van der Waals surface area contributed by atoms with Gasteiger partial charge in [0.1, 0.15) is 6.54 Å². The van der Waals surface area contributed by atoms with E-state index < -0.39 is 32.5 Å². The molecule has 0 bridgehead atoms. The van der Waals surface area contributed by atoms with Gasteiger partial charge in [0.25, 0.3) is 0 Å². The van der Waals surface area contributed by atoms with E-state index in [9.17, 15) is 21.6 Å². The van der Waals surface area contributed by atoms with Crippen molar-refractivity contribution < 1.29 is 21.6 Å². The molecule has 0 spiro atoms. The van der Waals surface area contributed by atoms with E-state index in [1.54, 1.807) is 6.92 Å². The number of nitrogens with one attached hydrogen (secondary N) is 1. The molecular weight excluding hydrogens is 414 g/mol. The van der Waals surface area contributed by atoms with Crippen LogP contribution in [0.15, 0.2) is 59.5 Å². The van der Waals surface area contributed by atoms with Gasteiger partial charge < -0.3 is 5.32 Å². The maximum absolute atomic E-state index is 12.5. The number of sulfonamides is 2. The Morgan fingerprint density at radius 2 is 1.52 bits per heavy atom. The van der Waals surface area contributed by atoms with Crippen LogP contribution in [-0.2, 0) is 24.8 Å². The minimum atomic E-state index is -3.77. The second-order valence-electron chi connectivity index (χ2n) is 6.75. The smallest absolute Gasteiger partial charge is 0.242 e. The van der Waals surface area contributed by atoms with Crippen molar-refractivity contribution in [3.63, 3.8) is 0 Å². The molecule has 10 heteroatoms. The Kier molecular flexibility index (Phi) is 7.04. The lowest BCUT2D eigenvalue weighted by Crippen LogP contribution is -2.41. The van der Waals surface area contributed by atoms with E-state index >= 15 is 0 Å². The fourth-order valence-electron chi connectivity index (χ4n) is 2.64. The van der Waals surface area contributed by atoms with Crippen molar-refractivity contribution in [1.29, 1.82) is 0 Å². The molecule has 0 radical (unpaired) electrons. The first-order chi connectivity index (χ1) is 13.4. The Balaban J connectivity index is 2.21. The van der Waals surface area contributed by atoms with E-state index in [0.29, 0.717) is 0 Å². The zero-order chi connectivity index (χ0) is 21.8. The van der Waals surface area contributed by atoms with Crippen LogP contribution in [0.25, 0.3) is 0 Å². The molecule has 0 aromatic heterocycles. The molecular formula is C19H25N3O5S2. The molecule has 0 saturated carbocycles. The quantitative estimate of drug-likeness (QED) is 0.673. The molecule has 2 rings (SSSR count). The largest absolute Gasteiger partial charge is 0.348 e. The normalized spacial score (nSPS) is 13.1. The van der Waals surface area contributed by atoms with Crippen LogP contribution in [0.5, 0.6) is 0 Å². The minimum absolute atomic E-state index is 0.0295. The minimum Gasteiger partial charge on any atom is -0.348 e. The summed E-state index contributed by atoms with van der Waals surface area (Å²) in [6.07, 6.45) is 0.991. The standard InChI is InChI=1S/C19H25N3O5S2/c1-15(16-8-6-5-7-9-16)20-19(23)14-22(28(4,24)25)17-10-12-18(13-11-17)29(26,27)21(2)3/h5-13,15H,14H2,1-4H3,(H,20,23). The van der Waals surface area contributed by atoms with Crippen LogP contribution < -0.4 is 9.62 Å². The number of amides is 1. The van der Waals surface area contributed by atoms with Crippen LogP contribution in [0, 0.1) is 0 Å². The summed E-state index contributed by atoms with van der Waals surface area (Å²) in [6, 6.07) is 14.4. The summed E-state index contributed by atoms with van der Waals surface area (Å²) in [7, 11) is -4.59. The van der Waals surface area contributed by atoms with Crippen LogP contribution in [-0.4, -0.2) is 53.9 Å². The second-order valence-corrected chi connectivity index (χ2v) is 10.8. The van der Waals surface area contributed by atoms with Crippen molar-refractivity contribution in [2.45, 2.75) is 17.9 Å². The van der Waals surface area contributed by atoms with Gasteiger partial charge in [0.2, 0.25) is 26.0 Å². The summed E-state index contributed by atoms with van der Waals surface area (Å²) in [5.41, 5.74) is 1.10. The van der Waals surface area contributed by atoms with Crippen LogP contribution in [0.1, 0.15) is 18.5 Å². The van der Waals surface area contributed by atoms with E-state index in [2.05, 4.69) is 5.32 Å². The molecule has 0 aliphatic rings. The highest BCUT2D eigenvalue weighted by Gasteiger charge is 2.23. The summed E-state index contributed by atoms with van der Waals surface area (Å²) < 4.78 is 50.8. The van der Waals surface area contributed by atoms with Gasteiger partial charge in [-0.2, -0.15) is 0 Å². The molecule has 2 aromatic carbocycles. The van der Waals surface area contributed by atoms with Gasteiger partial charge in [-0.1, -0.05) is 30.3 Å². The summed E-state index contributed by atoms with van der Waals surface area (Å²) in [5.74, 6) is -0.475. The van der Waals surface area contributed by atoms with Crippen molar-refractivity contribution in [3.8, 4) is 0 Å². The first kappa shape index (κ1) is 22.9. The molecule has 0 saturated heterocycles. The van der Waals surface area contributed by atoms with Crippen molar-refractivity contribution in [2.24, 2.45) is 0 Å². The molecule has 2 aromatic rings. The van der Waals surface area contributed by atoms with E-state index in [-0.39, 0.29) is 16.6 Å². The Hall–Kier alpha value is -2.43. The van der Waals surface area contributed by atoms with Crippen LogP contribution >= 0.6 is 0 Å². The lowest BCUT2D eigenvalue weighted by molar-refractivity contribution is -0.120. The highest BCUT2D eigenvalue weighted by molar-refractivity contribution is 7.92. The van der Waals surface area contributed by atoms with Gasteiger partial charge >= 0.3 is 0 Å². The van der Waals surface area contributed by atoms with Gasteiger partial charge in [0, 0.05) is 14.1 Å². The average molecular weight is 440 g/mol. The number of carbonyl (C=O) groups is 1. The monoisotopic (exact) mass is 439 g/mol. The van der Waals surface area contributed by atoms with Gasteiger partial charge in [-0.25, -0.2) is 21.1 Å². The summed E-state index contributed by atoms with van der Waals surface area (Å²) in [5, 5.41) is 2.77. The highest BCUT2D eigenvalue weighted by atomic mass is 32.2. The third kappa shape index (κ3) is 5.78. The third-order valence-corrected chi connectivity index (χ3v) is 7.24. The van der Waals surface area contributed by atoms with Crippen molar-refractivity contribution in [3.05, 3.63) is 60.2 Å². The summed E-state index contributed by atoms with van der Waals surface area (Å²) in [6.45, 7) is 1.38. The maximum atomic E-state index is 12.5. The zero-order valence-corrected chi connectivity index (χ0v) is 18.4. The number of rotatable bonds is 8. The van der Waals surface area contributed by atoms with Gasteiger partial charge in [-0.15, -0.1) is 0 Å². The van der Waals surface area contributed by atoms with Gasteiger partial charge in [-0.3, -0.25) is 9.10 Å². The van der Waals surface area contributed by atoms with E-state index in [1.165, 1.54) is 38.4 Å². The Morgan fingerprint density at radius 3 is 2.00 bits per heavy atom. The van der Waals surface area contributed by atoms with E-state index in [0.717, 1.165) is 20.4 Å². The van der Waals surface area contributed by atoms with Gasteiger partial charge in [-0.05, 0) is 36.8 Å². The van der Waals surface area contributed by atoms with Gasteiger partial charge in [0.15, 0.2) is 0 Å². The molecule has 0 heterocycles. The second kappa shape index (κ2) is 8.93. The fourth-order valence-corrected chi connectivity index (χ4v) is 4.40. The predicted molar refractivity (Wildman–Crippen MR) is 113 cm³/mol. The lowest BCUT2D eigenvalue weighted by atomic mass is 10.1. The molecule has 1 unspecified atom stereocenters. The van der Waals surface area contributed by atoms with E-state index in [1.807, 2.05) is 30.3 Å². The molecule has 1 N–H and O–H groups in total. The Bertz CT molecular complexity index is 1050. The number of hydrogen-bond acceptors (Lipinski definition) is 5. The molecule has 158 valence electrons. The van der Waals surface area contributed by atoms with Crippen molar-refractivity contribution in [2.75, 3.05) is 31.2 Å². The van der Waals surface area contributed by atoms with E-state index in [4.69, 9.17) is 0 Å². The molecule has 8 nitrogen and oxygen atoms in total. The molecule has 0 aliphatic heterocycles. The number of hydrogen-bond donors (Lipinski definition) is 1. The molecule has 0 aliphatic carbocycles. The van der Waals surface area contributed by atoms with Crippen molar-refractivity contribution >= 4 is 31.6 Å². The summed E-state index contributed by atoms with van der Waals surface area (Å²) >= 11 is 0.